The van der Waals surface area contributed by atoms with E-state index in [0.29, 0.717) is 0 Å². The van der Waals surface area contributed by atoms with Crippen LogP contribution in [0.4, 0.5) is 13.2 Å². The Labute approximate surface area is 160 Å². The number of nitrogens with zero attached hydrogens (tertiary/aromatic N) is 3. The molecule has 1 aromatic carbocycles. The van der Waals surface area contributed by atoms with Gasteiger partial charge < -0.3 is 5.32 Å². The molecule has 2 aromatic heterocycles. The van der Waals surface area contributed by atoms with Crippen molar-refractivity contribution >= 4 is 5.91 Å². The molecular formula is C20H19F3N4O. The van der Waals surface area contributed by atoms with Crippen molar-refractivity contribution in [2.45, 2.75) is 33.5 Å². The van der Waals surface area contributed by atoms with E-state index >= 15 is 0 Å². The van der Waals surface area contributed by atoms with E-state index in [1.54, 1.807) is 4.68 Å². The van der Waals surface area contributed by atoms with Crippen LogP contribution < -0.4 is 5.32 Å². The van der Waals surface area contributed by atoms with Crippen LogP contribution in [-0.4, -0.2) is 20.7 Å². The molecule has 0 aliphatic heterocycles. The number of para-hydroxylation sites is 1. The van der Waals surface area contributed by atoms with Gasteiger partial charge in [0.05, 0.1) is 22.6 Å². The van der Waals surface area contributed by atoms with E-state index in [1.165, 1.54) is 6.92 Å². The Morgan fingerprint density at radius 2 is 1.71 bits per heavy atom. The van der Waals surface area contributed by atoms with Crippen LogP contribution in [0.5, 0.6) is 0 Å². The maximum absolute atomic E-state index is 12.7. The van der Waals surface area contributed by atoms with Gasteiger partial charge in [0.25, 0.3) is 5.91 Å². The molecule has 0 aliphatic carbocycles. The number of alkyl halides is 3. The van der Waals surface area contributed by atoms with Crippen molar-refractivity contribution in [1.29, 1.82) is 0 Å². The van der Waals surface area contributed by atoms with Crippen LogP contribution in [0.2, 0.25) is 0 Å². The number of aromatic nitrogens is 3. The van der Waals surface area contributed by atoms with Crippen LogP contribution in [0.25, 0.3) is 5.69 Å². The molecule has 0 saturated carbocycles. The standard InChI is InChI=1S/C20H19F3N4O/c1-12-16(9-10-18(25-12)20(21,22)23)19(28)24-11-17-13(2)26-27(14(17)3)15-7-5-4-6-8-15/h4-10H,11H2,1-3H3,(H,24,28). The largest absolute Gasteiger partial charge is 0.433 e. The van der Waals surface area contributed by atoms with E-state index in [0.717, 1.165) is 34.8 Å². The Hall–Kier alpha value is -3.16. The SMILES string of the molecule is Cc1nc(C(F)(F)F)ccc1C(=O)NCc1c(C)nn(-c2ccccc2)c1C. The van der Waals surface area contributed by atoms with E-state index in [-0.39, 0.29) is 17.8 Å². The van der Waals surface area contributed by atoms with Crippen LogP contribution in [0.15, 0.2) is 42.5 Å². The molecule has 3 rings (SSSR count). The van der Waals surface area contributed by atoms with Gasteiger partial charge in [-0.25, -0.2) is 9.67 Å². The number of halogens is 3. The summed E-state index contributed by atoms with van der Waals surface area (Å²) in [6.07, 6.45) is -4.54. The van der Waals surface area contributed by atoms with Gasteiger partial charge in [0, 0.05) is 17.8 Å². The minimum atomic E-state index is -4.54. The molecule has 2 heterocycles. The summed E-state index contributed by atoms with van der Waals surface area (Å²) in [5.74, 6) is -0.481. The van der Waals surface area contributed by atoms with Gasteiger partial charge in [0.15, 0.2) is 0 Å². The Morgan fingerprint density at radius 3 is 2.32 bits per heavy atom. The molecule has 0 fully saturated rings. The fourth-order valence-electron chi connectivity index (χ4n) is 2.97. The van der Waals surface area contributed by atoms with Crippen LogP contribution in [0.3, 0.4) is 0 Å². The third-order valence-corrected chi connectivity index (χ3v) is 4.49. The van der Waals surface area contributed by atoms with Crippen molar-refractivity contribution in [3.8, 4) is 5.69 Å². The quantitative estimate of drug-likeness (QED) is 0.731. The second-order valence-electron chi connectivity index (χ2n) is 6.41. The number of nitrogens with one attached hydrogen (secondary N) is 1. The highest BCUT2D eigenvalue weighted by Gasteiger charge is 2.33. The number of hydrogen-bond donors (Lipinski definition) is 1. The Kier molecular flexibility index (Phi) is 5.22. The van der Waals surface area contributed by atoms with E-state index in [4.69, 9.17) is 0 Å². The lowest BCUT2D eigenvalue weighted by atomic mass is 10.1. The first-order chi connectivity index (χ1) is 13.2. The molecule has 1 amide bonds. The Balaban J connectivity index is 1.78. The topological polar surface area (TPSA) is 59.8 Å². The van der Waals surface area contributed by atoms with Crippen LogP contribution >= 0.6 is 0 Å². The van der Waals surface area contributed by atoms with Gasteiger partial charge in [-0.3, -0.25) is 4.79 Å². The van der Waals surface area contributed by atoms with Gasteiger partial charge in [0.2, 0.25) is 0 Å². The van der Waals surface area contributed by atoms with E-state index in [9.17, 15) is 18.0 Å². The molecule has 3 aromatic rings. The van der Waals surface area contributed by atoms with Crippen molar-refractivity contribution in [3.63, 3.8) is 0 Å². The zero-order valence-electron chi connectivity index (χ0n) is 15.6. The molecule has 5 nitrogen and oxygen atoms in total. The predicted octanol–water partition coefficient (Wildman–Crippen LogP) is 4.14. The van der Waals surface area contributed by atoms with Gasteiger partial charge in [-0.1, -0.05) is 18.2 Å². The van der Waals surface area contributed by atoms with Gasteiger partial charge in [0.1, 0.15) is 5.69 Å². The normalized spacial score (nSPS) is 11.5. The molecule has 0 radical (unpaired) electrons. The average Bonchev–Trinajstić information content (AvgIpc) is 2.93. The number of amides is 1. The predicted molar refractivity (Wildman–Crippen MR) is 98.2 cm³/mol. The van der Waals surface area contributed by atoms with Crippen molar-refractivity contribution in [2.75, 3.05) is 0 Å². The summed E-state index contributed by atoms with van der Waals surface area (Å²) in [4.78, 5) is 15.9. The molecule has 0 unspecified atom stereocenters. The monoisotopic (exact) mass is 388 g/mol. The van der Waals surface area contributed by atoms with Crippen LogP contribution in [-0.2, 0) is 12.7 Å². The smallest absolute Gasteiger partial charge is 0.348 e. The highest BCUT2D eigenvalue weighted by molar-refractivity contribution is 5.95. The summed E-state index contributed by atoms with van der Waals surface area (Å²) in [5, 5.41) is 7.26. The van der Waals surface area contributed by atoms with Crippen LogP contribution in [0, 0.1) is 20.8 Å². The number of pyridine rings is 1. The van der Waals surface area contributed by atoms with Crippen molar-refractivity contribution in [1.82, 2.24) is 20.1 Å². The maximum atomic E-state index is 12.7. The minimum absolute atomic E-state index is 0.0285. The third-order valence-electron chi connectivity index (χ3n) is 4.49. The average molecular weight is 388 g/mol. The second-order valence-corrected chi connectivity index (χ2v) is 6.41. The van der Waals surface area contributed by atoms with Crippen molar-refractivity contribution in [2.24, 2.45) is 0 Å². The highest BCUT2D eigenvalue weighted by atomic mass is 19.4. The molecule has 0 saturated heterocycles. The lowest BCUT2D eigenvalue weighted by molar-refractivity contribution is -0.141. The number of rotatable bonds is 4. The number of aryl methyl sites for hydroxylation is 2. The lowest BCUT2D eigenvalue weighted by Gasteiger charge is -2.11. The summed E-state index contributed by atoms with van der Waals surface area (Å²) >= 11 is 0. The Bertz CT molecular complexity index is 1010. The first-order valence-corrected chi connectivity index (χ1v) is 8.62. The van der Waals surface area contributed by atoms with Crippen molar-refractivity contribution < 1.29 is 18.0 Å². The number of carbonyl (C=O) groups is 1. The van der Waals surface area contributed by atoms with Gasteiger partial charge in [-0.2, -0.15) is 18.3 Å². The summed E-state index contributed by atoms with van der Waals surface area (Å²) in [7, 11) is 0. The van der Waals surface area contributed by atoms with Crippen LogP contribution in [0.1, 0.15) is 38.7 Å². The molecular weight excluding hydrogens is 369 g/mol. The summed E-state index contributed by atoms with van der Waals surface area (Å²) in [6, 6.07) is 11.6. The lowest BCUT2D eigenvalue weighted by Crippen LogP contribution is -2.25. The van der Waals surface area contributed by atoms with E-state index in [2.05, 4.69) is 15.4 Å². The van der Waals surface area contributed by atoms with E-state index in [1.807, 2.05) is 44.2 Å². The molecule has 0 aliphatic rings. The number of benzene rings is 1. The zero-order valence-corrected chi connectivity index (χ0v) is 15.6. The highest BCUT2D eigenvalue weighted by Crippen LogP contribution is 2.28. The third kappa shape index (κ3) is 3.90. The zero-order chi connectivity index (χ0) is 20.5. The molecule has 28 heavy (non-hydrogen) atoms. The van der Waals surface area contributed by atoms with E-state index < -0.39 is 17.8 Å². The minimum Gasteiger partial charge on any atom is -0.348 e. The fraction of sp³-hybridized carbons (Fsp3) is 0.250. The maximum Gasteiger partial charge on any atom is 0.433 e. The Morgan fingerprint density at radius 1 is 1.04 bits per heavy atom. The second kappa shape index (κ2) is 7.46. The molecule has 0 bridgehead atoms. The molecule has 146 valence electrons. The van der Waals surface area contributed by atoms with Crippen molar-refractivity contribution in [3.05, 3.63) is 76.4 Å². The first-order valence-electron chi connectivity index (χ1n) is 8.62. The summed E-state index contributed by atoms with van der Waals surface area (Å²) < 4.78 is 40.0. The van der Waals surface area contributed by atoms with Gasteiger partial charge in [-0.15, -0.1) is 0 Å². The number of hydrogen-bond acceptors (Lipinski definition) is 3. The molecule has 1 N–H and O–H groups in total. The number of carbonyl (C=O) groups excluding carboxylic acids is 1. The van der Waals surface area contributed by atoms with Gasteiger partial charge in [-0.05, 0) is 45.0 Å². The summed E-state index contributed by atoms with van der Waals surface area (Å²) in [6.45, 7) is 5.34. The van der Waals surface area contributed by atoms with Gasteiger partial charge >= 0.3 is 6.18 Å². The molecule has 0 spiro atoms. The first kappa shape index (κ1) is 19.6. The fourth-order valence-corrected chi connectivity index (χ4v) is 2.97. The molecule has 0 atom stereocenters. The molecule has 8 heteroatoms. The summed E-state index contributed by atoms with van der Waals surface area (Å²) in [5.41, 5.74) is 2.53.